The van der Waals surface area contributed by atoms with Crippen LogP contribution in [-0.2, 0) is 80.9 Å². The molecule has 0 heterocycles. The van der Waals surface area contributed by atoms with Gasteiger partial charge in [0.2, 0.25) is 0 Å². The minimum absolute atomic E-state index is 0.00420. The molecule has 0 unspecified atom stereocenters. The molecule has 0 aromatic heterocycles. The molecule has 60 heavy (non-hydrogen) atoms. The summed E-state index contributed by atoms with van der Waals surface area (Å²) in [5, 5.41) is 0. The van der Waals surface area contributed by atoms with Crippen LogP contribution in [0.15, 0.2) is 75.9 Å². The summed E-state index contributed by atoms with van der Waals surface area (Å²) in [4.78, 5) is 71.7. The fourth-order valence-corrected chi connectivity index (χ4v) is 4.49. The quantitative estimate of drug-likeness (QED) is 0.0378. The van der Waals surface area contributed by atoms with Crippen molar-refractivity contribution in [2.45, 2.75) is 52.2 Å². The fraction of sp³-hybridized carbons (Fsp3) is 0.581. The van der Waals surface area contributed by atoms with Gasteiger partial charge >= 0.3 is 35.8 Å². The molecule has 0 fully saturated rings. The summed E-state index contributed by atoms with van der Waals surface area (Å²) in [6.45, 7) is 28.2. The van der Waals surface area contributed by atoms with Gasteiger partial charge < -0.3 is 52.1 Å². The molecule has 0 aromatic carbocycles. The number of ether oxygens (including phenoxy) is 11. The highest BCUT2D eigenvalue weighted by Gasteiger charge is 2.39. The Bertz CT molecular complexity index is 1370. The van der Waals surface area contributed by atoms with Gasteiger partial charge in [-0.15, -0.1) is 0 Å². The molecule has 0 N–H and O–H groups in total. The van der Waals surface area contributed by atoms with E-state index in [2.05, 4.69) is 39.5 Å². The molecule has 0 rings (SSSR count). The van der Waals surface area contributed by atoms with Crippen LogP contribution in [-0.4, -0.2) is 140 Å². The van der Waals surface area contributed by atoms with Crippen LogP contribution in [0.1, 0.15) is 41.0 Å². The fourth-order valence-electron chi connectivity index (χ4n) is 4.49. The molecule has 0 saturated carbocycles. The molecule has 17 nitrogen and oxygen atoms in total. The first-order valence-corrected chi connectivity index (χ1v) is 19.0. The number of hydrogen-bond acceptors (Lipinski definition) is 17. The standard InChI is InChI=1S/C43H64O17/c1-12-34(44)53-22-33(23-54-35(45)13-2)21-52-27-43(30-57-38(48)16-5,31-58-39(49)17-6)32-60-41(10,11)24-59-40(8,9)19-20-51-26-42(25-50-18-7,28-55-36(46)14-3)29-56-37(47)15-4/h12-17,33H,1-6,18-32H2,7-11H3. The van der Waals surface area contributed by atoms with Gasteiger partial charge in [-0.1, -0.05) is 39.5 Å². The smallest absolute Gasteiger partial charge is 0.330 e. The lowest BCUT2D eigenvalue weighted by atomic mass is 9.91. The highest BCUT2D eigenvalue weighted by atomic mass is 16.6. The third kappa shape index (κ3) is 24.9. The predicted molar refractivity (Wildman–Crippen MR) is 218 cm³/mol. The van der Waals surface area contributed by atoms with Crippen LogP contribution >= 0.6 is 0 Å². The highest BCUT2D eigenvalue weighted by Crippen LogP contribution is 2.27. The molecule has 338 valence electrons. The van der Waals surface area contributed by atoms with E-state index < -0.39 is 63.8 Å². The summed E-state index contributed by atoms with van der Waals surface area (Å²) in [7, 11) is 0. The van der Waals surface area contributed by atoms with Crippen LogP contribution in [0.25, 0.3) is 0 Å². The van der Waals surface area contributed by atoms with Gasteiger partial charge in [-0.25, -0.2) is 28.8 Å². The van der Waals surface area contributed by atoms with E-state index in [0.29, 0.717) is 13.0 Å². The Morgan fingerprint density at radius 2 is 0.783 bits per heavy atom. The van der Waals surface area contributed by atoms with E-state index in [1.807, 2.05) is 13.8 Å². The van der Waals surface area contributed by atoms with Crippen molar-refractivity contribution in [3.05, 3.63) is 75.9 Å². The maximum absolute atomic E-state index is 12.2. The Hall–Kier alpha value is -4.94. The van der Waals surface area contributed by atoms with Gasteiger partial charge in [-0.05, 0) is 41.0 Å². The van der Waals surface area contributed by atoms with Crippen molar-refractivity contribution in [1.29, 1.82) is 0 Å². The van der Waals surface area contributed by atoms with Gasteiger partial charge in [0.1, 0.15) is 26.4 Å². The summed E-state index contributed by atoms with van der Waals surface area (Å²) in [6.07, 6.45) is 6.34. The highest BCUT2D eigenvalue weighted by molar-refractivity contribution is 5.83. The Morgan fingerprint density at radius 1 is 0.433 bits per heavy atom. The number of hydrogen-bond donors (Lipinski definition) is 0. The summed E-state index contributed by atoms with van der Waals surface area (Å²) in [5.74, 6) is -4.85. The minimum atomic E-state index is -1.30. The van der Waals surface area contributed by atoms with Gasteiger partial charge in [-0.3, -0.25) is 0 Å². The molecule has 17 heteroatoms. The van der Waals surface area contributed by atoms with E-state index in [1.54, 1.807) is 20.8 Å². The molecule has 0 amide bonds. The SMILES string of the molecule is C=CC(=O)OCC(COCC(COC(=O)C=C)(COC(=O)C=C)COC(C)(C)COC(C)(C)CCOCC(COCC)(COC(=O)C=C)COC(=O)C=C)COC(=O)C=C. The van der Waals surface area contributed by atoms with E-state index in [4.69, 9.17) is 52.1 Å². The first-order chi connectivity index (χ1) is 28.3. The number of carbonyl (C=O) groups excluding carboxylic acids is 6. The second kappa shape index (κ2) is 29.3. The van der Waals surface area contributed by atoms with Gasteiger partial charge in [-0.2, -0.15) is 0 Å². The van der Waals surface area contributed by atoms with Gasteiger partial charge in [0.05, 0.1) is 80.8 Å². The van der Waals surface area contributed by atoms with Crippen LogP contribution in [0, 0.1) is 16.7 Å². The second-order valence-electron chi connectivity index (χ2n) is 14.8. The largest absolute Gasteiger partial charge is 0.462 e. The van der Waals surface area contributed by atoms with E-state index in [1.165, 1.54) is 0 Å². The zero-order valence-electron chi connectivity index (χ0n) is 35.8. The molecule has 0 aliphatic heterocycles. The molecule has 0 spiro atoms. The third-order valence-electron chi connectivity index (χ3n) is 8.22. The number of rotatable bonds is 36. The van der Waals surface area contributed by atoms with Gasteiger partial charge in [0.15, 0.2) is 0 Å². The number of esters is 6. The van der Waals surface area contributed by atoms with Crippen molar-refractivity contribution < 1.29 is 80.9 Å². The molecule has 0 aliphatic rings. The van der Waals surface area contributed by atoms with Crippen molar-refractivity contribution in [2.24, 2.45) is 16.7 Å². The van der Waals surface area contributed by atoms with E-state index in [0.717, 1.165) is 36.5 Å². The van der Waals surface area contributed by atoms with Gasteiger partial charge in [0, 0.05) is 49.7 Å². The lowest BCUT2D eigenvalue weighted by Gasteiger charge is -2.37. The van der Waals surface area contributed by atoms with Crippen LogP contribution in [0.3, 0.4) is 0 Å². The zero-order chi connectivity index (χ0) is 45.7. The summed E-state index contributed by atoms with van der Waals surface area (Å²) >= 11 is 0. The first kappa shape index (κ1) is 55.1. The number of carbonyl (C=O) groups is 6. The molecular formula is C43H64O17. The maximum Gasteiger partial charge on any atom is 0.330 e. The monoisotopic (exact) mass is 852 g/mol. The Balaban J connectivity index is 5.97. The Labute approximate surface area is 353 Å². The van der Waals surface area contributed by atoms with Crippen molar-refractivity contribution >= 4 is 35.8 Å². The normalized spacial score (nSPS) is 11.7. The summed E-state index contributed by atoms with van der Waals surface area (Å²) in [5.41, 5.74) is -4.06. The summed E-state index contributed by atoms with van der Waals surface area (Å²) in [6, 6.07) is 0. The Morgan fingerprint density at radius 3 is 1.18 bits per heavy atom. The molecule has 0 bridgehead atoms. The Kier molecular flexibility index (Phi) is 26.9. The average molecular weight is 853 g/mol. The molecule has 0 saturated heterocycles. The van der Waals surface area contributed by atoms with E-state index in [9.17, 15) is 28.8 Å². The van der Waals surface area contributed by atoms with Crippen LogP contribution in [0.2, 0.25) is 0 Å². The van der Waals surface area contributed by atoms with Crippen LogP contribution in [0.5, 0.6) is 0 Å². The van der Waals surface area contributed by atoms with E-state index in [-0.39, 0.29) is 85.9 Å². The first-order valence-electron chi connectivity index (χ1n) is 19.0. The van der Waals surface area contributed by atoms with Crippen molar-refractivity contribution in [3.63, 3.8) is 0 Å². The molecule has 0 radical (unpaired) electrons. The average Bonchev–Trinajstić information content (AvgIpc) is 3.24. The van der Waals surface area contributed by atoms with Crippen molar-refractivity contribution in [2.75, 3.05) is 92.5 Å². The van der Waals surface area contributed by atoms with Gasteiger partial charge in [0.25, 0.3) is 0 Å². The molecule has 0 atom stereocenters. The lowest BCUT2D eigenvalue weighted by molar-refractivity contribution is -0.178. The maximum atomic E-state index is 12.2. The molecule has 0 aliphatic carbocycles. The predicted octanol–water partition coefficient (Wildman–Crippen LogP) is 4.00. The molecular weight excluding hydrogens is 788 g/mol. The van der Waals surface area contributed by atoms with E-state index >= 15 is 0 Å². The van der Waals surface area contributed by atoms with Crippen LogP contribution in [0.4, 0.5) is 0 Å². The lowest BCUT2D eigenvalue weighted by Crippen LogP contribution is -2.47. The zero-order valence-corrected chi connectivity index (χ0v) is 35.8. The van der Waals surface area contributed by atoms with Crippen molar-refractivity contribution in [1.82, 2.24) is 0 Å². The minimum Gasteiger partial charge on any atom is -0.462 e. The van der Waals surface area contributed by atoms with Crippen LogP contribution < -0.4 is 0 Å². The second-order valence-corrected chi connectivity index (χ2v) is 14.8. The topological polar surface area (TPSA) is 204 Å². The molecule has 0 aromatic rings. The summed E-state index contributed by atoms with van der Waals surface area (Å²) < 4.78 is 62.0. The van der Waals surface area contributed by atoms with Crippen molar-refractivity contribution in [3.8, 4) is 0 Å². The third-order valence-corrected chi connectivity index (χ3v) is 8.22.